The fourth-order valence-corrected chi connectivity index (χ4v) is 5.13. The molecule has 1 aliphatic heterocycles. The number of piperidine rings is 1. The number of aromatic nitrogens is 1. The van der Waals surface area contributed by atoms with E-state index in [1.54, 1.807) is 49.7 Å². The van der Waals surface area contributed by atoms with Crippen molar-refractivity contribution in [1.29, 1.82) is 0 Å². The number of anilines is 1. The zero-order chi connectivity index (χ0) is 31.1. The minimum atomic E-state index is -0.933. The predicted octanol–water partition coefficient (Wildman–Crippen LogP) is 6.16. The first-order valence-corrected chi connectivity index (χ1v) is 14.9. The topological polar surface area (TPSA) is 111 Å². The first-order valence-electron chi connectivity index (χ1n) is 14.1. The van der Waals surface area contributed by atoms with Gasteiger partial charge in [0.2, 0.25) is 0 Å². The number of benzene rings is 3. The van der Waals surface area contributed by atoms with Gasteiger partial charge in [-0.15, -0.1) is 0 Å². The van der Waals surface area contributed by atoms with Crippen LogP contribution in [-0.2, 0) is 16.0 Å². The van der Waals surface area contributed by atoms with E-state index in [0.29, 0.717) is 57.1 Å². The summed E-state index contributed by atoms with van der Waals surface area (Å²) in [5.74, 6) is -0.695. The Morgan fingerprint density at radius 2 is 1.77 bits per heavy atom. The van der Waals surface area contributed by atoms with Crippen molar-refractivity contribution in [3.05, 3.63) is 82.2 Å². The monoisotopic (exact) mass is 640 g/mol. The number of carbonyl (C=O) groups is 2. The number of nitrogens with zero attached hydrogens (tertiary/aromatic N) is 1. The summed E-state index contributed by atoms with van der Waals surface area (Å²) >= 11 is 11.9. The van der Waals surface area contributed by atoms with E-state index in [-0.39, 0.29) is 18.0 Å². The lowest BCUT2D eigenvalue weighted by atomic mass is 9.99. The van der Waals surface area contributed by atoms with Crippen LogP contribution in [0.5, 0.6) is 23.0 Å². The molecule has 0 spiro atoms. The SMILES string of the molecule is COc1cc2c(Oc3ccc(NC(=O)C(=O)NCCc4ccc(Cl)c(Cl)c4)cc3F)ccnc2cc1OCC1CCNCC1. The summed E-state index contributed by atoms with van der Waals surface area (Å²) in [6, 6.07) is 14.2. The number of carbonyl (C=O) groups excluding carboxylic acids is 2. The molecule has 3 aromatic carbocycles. The van der Waals surface area contributed by atoms with Crippen molar-refractivity contribution in [3.63, 3.8) is 0 Å². The first-order chi connectivity index (χ1) is 21.3. The van der Waals surface area contributed by atoms with E-state index in [2.05, 4.69) is 20.9 Å². The van der Waals surface area contributed by atoms with E-state index < -0.39 is 17.6 Å². The molecule has 0 saturated carbocycles. The molecule has 0 atom stereocenters. The second kappa shape index (κ2) is 14.6. The van der Waals surface area contributed by atoms with E-state index in [0.717, 1.165) is 37.6 Å². The highest BCUT2D eigenvalue weighted by Gasteiger charge is 2.18. The number of fused-ring (bicyclic) bond motifs is 1. The molecule has 0 unspecified atom stereocenters. The maximum Gasteiger partial charge on any atom is 0.313 e. The Kier molecular flexibility index (Phi) is 10.4. The molecule has 9 nitrogen and oxygen atoms in total. The van der Waals surface area contributed by atoms with Crippen molar-refractivity contribution < 1.29 is 28.2 Å². The van der Waals surface area contributed by atoms with Crippen LogP contribution >= 0.6 is 23.2 Å². The lowest BCUT2D eigenvalue weighted by molar-refractivity contribution is -0.136. The van der Waals surface area contributed by atoms with Crippen molar-refractivity contribution in [2.24, 2.45) is 5.92 Å². The molecule has 5 rings (SSSR count). The molecule has 3 N–H and O–H groups in total. The second-order valence-corrected chi connectivity index (χ2v) is 11.1. The Morgan fingerprint density at radius 1 is 0.955 bits per heavy atom. The smallest absolute Gasteiger partial charge is 0.313 e. The van der Waals surface area contributed by atoms with Crippen LogP contribution in [0.15, 0.2) is 60.8 Å². The summed E-state index contributed by atoms with van der Waals surface area (Å²) in [6.45, 7) is 2.73. The zero-order valence-corrected chi connectivity index (χ0v) is 25.4. The third-order valence-corrected chi connectivity index (χ3v) is 7.96. The van der Waals surface area contributed by atoms with Gasteiger partial charge in [-0.2, -0.15) is 0 Å². The van der Waals surface area contributed by atoms with E-state index in [4.69, 9.17) is 37.4 Å². The summed E-state index contributed by atoms with van der Waals surface area (Å²) in [6.07, 6.45) is 4.11. The van der Waals surface area contributed by atoms with Gasteiger partial charge in [-0.25, -0.2) is 4.39 Å². The van der Waals surface area contributed by atoms with Crippen LogP contribution in [0.2, 0.25) is 10.0 Å². The van der Waals surface area contributed by atoms with Crippen LogP contribution in [0.3, 0.4) is 0 Å². The van der Waals surface area contributed by atoms with Crippen molar-refractivity contribution in [2.75, 3.05) is 38.7 Å². The van der Waals surface area contributed by atoms with Gasteiger partial charge in [0, 0.05) is 35.9 Å². The van der Waals surface area contributed by atoms with E-state index in [1.807, 2.05) is 0 Å². The van der Waals surface area contributed by atoms with Gasteiger partial charge < -0.3 is 30.2 Å². The summed E-state index contributed by atoms with van der Waals surface area (Å²) in [5.41, 5.74) is 1.54. The van der Waals surface area contributed by atoms with Gasteiger partial charge in [0.25, 0.3) is 0 Å². The van der Waals surface area contributed by atoms with Crippen LogP contribution in [0.1, 0.15) is 18.4 Å². The van der Waals surface area contributed by atoms with Gasteiger partial charge in [0.05, 0.1) is 29.3 Å². The molecule has 230 valence electrons. The number of halogens is 3. The number of rotatable bonds is 10. The Balaban J connectivity index is 1.21. The van der Waals surface area contributed by atoms with Crippen molar-refractivity contribution >= 4 is 51.6 Å². The van der Waals surface area contributed by atoms with Crippen LogP contribution in [0.25, 0.3) is 10.9 Å². The Labute approximate surface area is 264 Å². The van der Waals surface area contributed by atoms with Gasteiger partial charge >= 0.3 is 11.8 Å². The molecule has 12 heteroatoms. The van der Waals surface area contributed by atoms with Crippen LogP contribution in [-0.4, -0.2) is 50.1 Å². The molecule has 2 amide bonds. The first kappa shape index (κ1) is 31.3. The fraction of sp³-hybridized carbons (Fsp3) is 0.281. The third-order valence-electron chi connectivity index (χ3n) is 7.22. The highest BCUT2D eigenvalue weighted by atomic mass is 35.5. The minimum Gasteiger partial charge on any atom is -0.493 e. The fourth-order valence-electron chi connectivity index (χ4n) is 4.81. The Hall–Kier alpha value is -4.12. The number of nitrogens with one attached hydrogen (secondary N) is 3. The molecule has 44 heavy (non-hydrogen) atoms. The highest BCUT2D eigenvalue weighted by molar-refractivity contribution is 6.42. The summed E-state index contributed by atoms with van der Waals surface area (Å²) in [4.78, 5) is 29.1. The number of pyridine rings is 1. The second-order valence-electron chi connectivity index (χ2n) is 10.3. The number of ether oxygens (including phenoxy) is 3. The van der Waals surface area contributed by atoms with Gasteiger partial charge in [-0.05, 0) is 80.2 Å². The molecule has 0 bridgehead atoms. The molecule has 1 fully saturated rings. The maximum absolute atomic E-state index is 15.1. The number of hydrogen-bond donors (Lipinski definition) is 3. The molecule has 4 aromatic rings. The van der Waals surface area contributed by atoms with Gasteiger partial charge in [0.15, 0.2) is 23.1 Å². The van der Waals surface area contributed by atoms with Crippen LogP contribution in [0.4, 0.5) is 10.1 Å². The molecule has 0 radical (unpaired) electrons. The summed E-state index contributed by atoms with van der Waals surface area (Å²) in [7, 11) is 1.55. The number of hydrogen-bond acceptors (Lipinski definition) is 7. The van der Waals surface area contributed by atoms with Crippen LogP contribution in [0, 0.1) is 11.7 Å². The average molecular weight is 642 g/mol. The summed E-state index contributed by atoms with van der Waals surface area (Å²) < 4.78 is 32.6. The molecule has 1 aliphatic rings. The quantitative estimate of drug-likeness (QED) is 0.178. The van der Waals surface area contributed by atoms with Gasteiger partial charge in [0.1, 0.15) is 5.75 Å². The molecule has 1 aromatic heterocycles. The van der Waals surface area contributed by atoms with E-state index in [9.17, 15) is 9.59 Å². The normalized spacial score (nSPS) is 13.4. The highest BCUT2D eigenvalue weighted by Crippen LogP contribution is 2.38. The molecule has 1 saturated heterocycles. The van der Waals surface area contributed by atoms with E-state index >= 15 is 4.39 Å². The minimum absolute atomic E-state index is 0.0771. The molecule has 0 aliphatic carbocycles. The van der Waals surface area contributed by atoms with Gasteiger partial charge in [-0.3, -0.25) is 14.6 Å². The Bertz CT molecular complexity index is 1670. The third kappa shape index (κ3) is 7.88. The molecular formula is C32H31Cl2FN4O5. The number of methoxy groups -OCH3 is 1. The lowest BCUT2D eigenvalue weighted by Crippen LogP contribution is -2.36. The van der Waals surface area contributed by atoms with Crippen molar-refractivity contribution in [1.82, 2.24) is 15.6 Å². The van der Waals surface area contributed by atoms with Crippen molar-refractivity contribution in [2.45, 2.75) is 19.3 Å². The lowest BCUT2D eigenvalue weighted by Gasteiger charge is -2.23. The number of amides is 2. The Morgan fingerprint density at radius 3 is 2.52 bits per heavy atom. The standard InChI is InChI=1S/C32H31Cl2FN4O5/c1-42-29-16-22-26(17-30(29)43-18-20-6-10-36-11-7-20)37-13-9-27(22)44-28-5-3-21(15-25(28)35)39-32(41)31(40)38-12-8-19-2-4-23(33)24(34)14-19/h2-5,9,13-17,20,36H,6-8,10-12,18H2,1H3,(H,38,40)(H,39,41). The zero-order valence-electron chi connectivity index (χ0n) is 23.9. The van der Waals surface area contributed by atoms with Crippen LogP contribution < -0.4 is 30.2 Å². The molecular weight excluding hydrogens is 610 g/mol. The largest absolute Gasteiger partial charge is 0.493 e. The van der Waals surface area contributed by atoms with E-state index in [1.165, 1.54) is 12.1 Å². The van der Waals surface area contributed by atoms with Crippen molar-refractivity contribution in [3.8, 4) is 23.0 Å². The average Bonchev–Trinajstić information content (AvgIpc) is 3.03. The summed E-state index contributed by atoms with van der Waals surface area (Å²) in [5, 5.41) is 9.71. The maximum atomic E-state index is 15.1. The predicted molar refractivity (Wildman–Crippen MR) is 168 cm³/mol. The van der Waals surface area contributed by atoms with Gasteiger partial charge in [-0.1, -0.05) is 29.3 Å². The molecule has 2 heterocycles.